The van der Waals surface area contributed by atoms with Crippen molar-refractivity contribution in [3.05, 3.63) is 54.0 Å². The second-order valence-electron chi connectivity index (χ2n) is 6.20. The van der Waals surface area contributed by atoms with Gasteiger partial charge in [-0.1, -0.05) is 12.1 Å². The first-order valence-corrected chi connectivity index (χ1v) is 8.05. The number of nitrogens with zero attached hydrogens (tertiary/aromatic N) is 4. The highest BCUT2D eigenvalue weighted by atomic mass is 16.5. The largest absolute Gasteiger partial charge is 0.497 e. The van der Waals surface area contributed by atoms with Gasteiger partial charge in [0.25, 0.3) is 0 Å². The maximum absolute atomic E-state index is 10.3. The zero-order valence-electron chi connectivity index (χ0n) is 13.8. The molecule has 4 rings (SSSR count). The zero-order chi connectivity index (χ0) is 16.7. The van der Waals surface area contributed by atoms with E-state index in [0.717, 1.165) is 28.3 Å². The van der Waals surface area contributed by atoms with E-state index < -0.39 is 0 Å². The van der Waals surface area contributed by atoms with E-state index in [2.05, 4.69) is 21.0 Å². The Labute approximate surface area is 140 Å². The van der Waals surface area contributed by atoms with Crippen LogP contribution in [0, 0.1) is 6.92 Å². The van der Waals surface area contributed by atoms with Crippen molar-refractivity contribution in [1.29, 1.82) is 0 Å². The van der Waals surface area contributed by atoms with Crippen LogP contribution in [0.15, 0.2) is 42.7 Å². The number of benzene rings is 1. The minimum Gasteiger partial charge on any atom is -0.497 e. The molecule has 0 aliphatic carbocycles. The molecule has 1 aliphatic rings. The fourth-order valence-corrected chi connectivity index (χ4v) is 3.46. The molecule has 1 saturated heterocycles. The zero-order valence-corrected chi connectivity index (χ0v) is 13.8. The summed E-state index contributed by atoms with van der Waals surface area (Å²) in [6.07, 6.45) is 3.89. The third-order valence-electron chi connectivity index (χ3n) is 4.52. The minimum atomic E-state index is -0.382. The lowest BCUT2D eigenvalue weighted by atomic mass is 10.0. The van der Waals surface area contributed by atoms with Gasteiger partial charge in [-0.25, -0.2) is 9.50 Å². The molecule has 24 heavy (non-hydrogen) atoms. The van der Waals surface area contributed by atoms with Crippen molar-refractivity contribution in [1.82, 2.24) is 14.6 Å². The normalized spacial score (nSPS) is 20.7. The fourth-order valence-electron chi connectivity index (χ4n) is 3.46. The van der Waals surface area contributed by atoms with Crippen LogP contribution in [0.1, 0.15) is 23.7 Å². The molecule has 3 aromatic rings. The van der Waals surface area contributed by atoms with Crippen molar-refractivity contribution in [2.24, 2.45) is 0 Å². The second kappa shape index (κ2) is 5.79. The number of hydrogen-bond donors (Lipinski definition) is 1. The van der Waals surface area contributed by atoms with Crippen LogP contribution in [-0.2, 0) is 0 Å². The van der Waals surface area contributed by atoms with Crippen LogP contribution in [0.2, 0.25) is 0 Å². The number of hydrogen-bond acceptors (Lipinski definition) is 5. The molecule has 0 bridgehead atoms. The van der Waals surface area contributed by atoms with E-state index in [1.54, 1.807) is 13.3 Å². The van der Waals surface area contributed by atoms with Crippen molar-refractivity contribution >= 4 is 11.3 Å². The van der Waals surface area contributed by atoms with Crippen molar-refractivity contribution in [2.75, 3.05) is 18.6 Å². The first-order valence-electron chi connectivity index (χ1n) is 8.05. The average molecular weight is 324 g/mol. The summed E-state index contributed by atoms with van der Waals surface area (Å²) in [7, 11) is 1.66. The SMILES string of the molecule is COc1cccc([C@@H]2C[C@H](O)CN2c2nccn3nc(C)cc23)c1. The highest BCUT2D eigenvalue weighted by Crippen LogP contribution is 2.38. The molecule has 3 heterocycles. The van der Waals surface area contributed by atoms with Gasteiger partial charge in [0.15, 0.2) is 5.82 Å². The summed E-state index contributed by atoms with van der Waals surface area (Å²) in [5.41, 5.74) is 3.02. The number of β-amino-alcohol motifs (C(OH)–C–C–N with tert-alkyl or cyclic N) is 1. The molecular weight excluding hydrogens is 304 g/mol. The number of aliphatic hydroxyl groups excluding tert-OH is 1. The monoisotopic (exact) mass is 324 g/mol. The molecule has 0 saturated carbocycles. The predicted octanol–water partition coefficient (Wildman–Crippen LogP) is 2.36. The molecule has 0 amide bonds. The van der Waals surface area contributed by atoms with E-state index in [9.17, 15) is 5.11 Å². The highest BCUT2D eigenvalue weighted by Gasteiger charge is 2.34. The third kappa shape index (κ3) is 2.49. The van der Waals surface area contributed by atoms with Crippen molar-refractivity contribution < 1.29 is 9.84 Å². The fraction of sp³-hybridized carbons (Fsp3) is 0.333. The number of ether oxygens (including phenoxy) is 1. The molecule has 1 fully saturated rings. The topological polar surface area (TPSA) is 62.9 Å². The number of aromatic nitrogens is 3. The first-order chi connectivity index (χ1) is 11.7. The Hall–Kier alpha value is -2.60. The molecule has 0 spiro atoms. The van der Waals surface area contributed by atoms with Crippen molar-refractivity contribution in [3.8, 4) is 5.75 Å². The molecule has 124 valence electrons. The lowest BCUT2D eigenvalue weighted by Crippen LogP contribution is -2.25. The van der Waals surface area contributed by atoms with Gasteiger partial charge in [0.2, 0.25) is 0 Å². The van der Waals surface area contributed by atoms with Gasteiger partial charge in [0.05, 0.1) is 24.9 Å². The number of aliphatic hydroxyl groups is 1. The molecule has 1 aromatic carbocycles. The summed E-state index contributed by atoms with van der Waals surface area (Å²) < 4.78 is 7.18. The summed E-state index contributed by atoms with van der Waals surface area (Å²) >= 11 is 0. The lowest BCUT2D eigenvalue weighted by molar-refractivity contribution is 0.194. The number of methoxy groups -OCH3 is 1. The van der Waals surface area contributed by atoms with E-state index in [0.29, 0.717) is 13.0 Å². The van der Waals surface area contributed by atoms with E-state index in [1.807, 2.05) is 41.9 Å². The van der Waals surface area contributed by atoms with Gasteiger partial charge in [-0.15, -0.1) is 0 Å². The Balaban J connectivity index is 1.79. The van der Waals surface area contributed by atoms with Crippen LogP contribution in [0.25, 0.3) is 5.52 Å². The predicted molar refractivity (Wildman–Crippen MR) is 91.4 cm³/mol. The molecule has 6 nitrogen and oxygen atoms in total. The molecule has 6 heteroatoms. The van der Waals surface area contributed by atoms with Crippen molar-refractivity contribution in [3.63, 3.8) is 0 Å². The molecule has 2 atom stereocenters. The van der Waals surface area contributed by atoms with Gasteiger partial charge in [0.1, 0.15) is 11.3 Å². The Morgan fingerprint density at radius 3 is 3.00 bits per heavy atom. The molecule has 0 unspecified atom stereocenters. The summed E-state index contributed by atoms with van der Waals surface area (Å²) in [6.45, 7) is 2.52. The Bertz CT molecular complexity index is 876. The van der Waals surface area contributed by atoms with Crippen molar-refractivity contribution in [2.45, 2.75) is 25.5 Å². The van der Waals surface area contributed by atoms with Gasteiger partial charge in [-0.05, 0) is 37.1 Å². The average Bonchev–Trinajstić information content (AvgIpc) is 3.16. The van der Waals surface area contributed by atoms with Gasteiger partial charge in [-0.2, -0.15) is 5.10 Å². The first kappa shape index (κ1) is 15.0. The van der Waals surface area contributed by atoms with Gasteiger partial charge in [0, 0.05) is 18.9 Å². The number of aryl methyl sites for hydroxylation is 1. The standard InChI is InChI=1S/C18H20N4O2/c1-12-8-17-18(19-6-7-22(17)20-12)21-11-14(23)10-16(21)13-4-3-5-15(9-13)24-2/h3-9,14,16,23H,10-11H2,1-2H3/t14-,16-/m0/s1. The van der Waals surface area contributed by atoms with Crippen LogP contribution >= 0.6 is 0 Å². The molecule has 0 radical (unpaired) electrons. The highest BCUT2D eigenvalue weighted by molar-refractivity contribution is 5.70. The van der Waals surface area contributed by atoms with Gasteiger partial charge < -0.3 is 14.7 Å². The maximum atomic E-state index is 10.3. The Morgan fingerprint density at radius 1 is 1.29 bits per heavy atom. The lowest BCUT2D eigenvalue weighted by Gasteiger charge is -2.26. The number of rotatable bonds is 3. The van der Waals surface area contributed by atoms with Crippen LogP contribution < -0.4 is 9.64 Å². The summed E-state index contributed by atoms with van der Waals surface area (Å²) in [6, 6.07) is 10.1. The number of anilines is 1. The van der Waals surface area contributed by atoms with Crippen LogP contribution in [0.4, 0.5) is 5.82 Å². The van der Waals surface area contributed by atoms with E-state index in [1.165, 1.54) is 0 Å². The summed E-state index contributed by atoms with van der Waals surface area (Å²) in [5.74, 6) is 1.67. The maximum Gasteiger partial charge on any atom is 0.155 e. The van der Waals surface area contributed by atoms with Gasteiger partial charge in [-0.3, -0.25) is 0 Å². The quantitative estimate of drug-likeness (QED) is 0.801. The molecule has 1 N–H and O–H groups in total. The molecular formula is C18H20N4O2. The molecule has 2 aromatic heterocycles. The minimum absolute atomic E-state index is 0.0593. The second-order valence-corrected chi connectivity index (χ2v) is 6.20. The third-order valence-corrected chi connectivity index (χ3v) is 4.52. The van der Waals surface area contributed by atoms with Crippen LogP contribution in [0.3, 0.4) is 0 Å². The van der Waals surface area contributed by atoms with Gasteiger partial charge >= 0.3 is 0 Å². The number of fused-ring (bicyclic) bond motifs is 1. The van der Waals surface area contributed by atoms with E-state index in [4.69, 9.17) is 4.74 Å². The van der Waals surface area contributed by atoms with Crippen LogP contribution in [-0.4, -0.2) is 39.5 Å². The summed E-state index contributed by atoms with van der Waals surface area (Å²) in [4.78, 5) is 6.74. The van der Waals surface area contributed by atoms with E-state index >= 15 is 0 Å². The Morgan fingerprint density at radius 2 is 2.17 bits per heavy atom. The molecule has 1 aliphatic heterocycles. The summed E-state index contributed by atoms with van der Waals surface area (Å²) in [5, 5.41) is 14.7. The van der Waals surface area contributed by atoms with E-state index in [-0.39, 0.29) is 12.1 Å². The smallest absolute Gasteiger partial charge is 0.155 e. The van der Waals surface area contributed by atoms with Crippen LogP contribution in [0.5, 0.6) is 5.75 Å². The Kier molecular flexibility index (Phi) is 3.61.